The highest BCUT2D eigenvalue weighted by atomic mass is 35.5. The average molecular weight is 330 g/mol. The van der Waals surface area contributed by atoms with Gasteiger partial charge in [0.15, 0.2) is 0 Å². The first-order valence-electron chi connectivity index (χ1n) is 5.91. The molecular weight excluding hydrogens is 317 g/mol. The second-order valence-electron chi connectivity index (χ2n) is 4.17. The van der Waals surface area contributed by atoms with E-state index in [2.05, 4.69) is 0 Å². The lowest BCUT2D eigenvalue weighted by molar-refractivity contribution is -0.127. The molecule has 0 saturated carbocycles. The molecule has 2 rings (SSSR count). The Hall–Kier alpha value is -1.10. The van der Waals surface area contributed by atoms with E-state index in [0.29, 0.717) is 16.6 Å². The van der Waals surface area contributed by atoms with Crippen LogP contribution < -0.4 is 0 Å². The minimum absolute atomic E-state index is 0.0117. The molecule has 1 aromatic carbocycles. The zero-order valence-electron chi connectivity index (χ0n) is 10.8. The number of furan rings is 1. The summed E-state index contributed by atoms with van der Waals surface area (Å²) in [6.07, 6.45) is 1.59. The minimum Gasteiger partial charge on any atom is -0.467 e. The molecule has 0 aliphatic rings. The van der Waals surface area contributed by atoms with Crippen LogP contribution >= 0.6 is 35.0 Å². The molecule has 0 aliphatic carbocycles. The molecule has 6 heteroatoms. The molecule has 1 heterocycles. The van der Waals surface area contributed by atoms with E-state index in [4.69, 9.17) is 27.6 Å². The van der Waals surface area contributed by atoms with E-state index in [0.717, 1.165) is 10.7 Å². The standard InChI is InChI=1S/C14H13Cl2NO2S/c1-17(8-10-4-3-7-19-10)13(18)9-20-14-11(15)5-2-6-12(14)16/h2-7H,8-9H2,1H3. The molecule has 0 atom stereocenters. The van der Waals surface area contributed by atoms with Crippen molar-refractivity contribution in [1.29, 1.82) is 0 Å². The van der Waals surface area contributed by atoms with Crippen molar-refractivity contribution in [3.05, 3.63) is 52.4 Å². The third-order valence-corrected chi connectivity index (χ3v) is 4.63. The van der Waals surface area contributed by atoms with E-state index in [9.17, 15) is 4.79 Å². The van der Waals surface area contributed by atoms with Gasteiger partial charge in [-0.15, -0.1) is 11.8 Å². The molecule has 0 unspecified atom stereocenters. The normalized spacial score (nSPS) is 10.6. The Labute approximate surface area is 131 Å². The van der Waals surface area contributed by atoms with Crippen LogP contribution in [0.3, 0.4) is 0 Å². The maximum atomic E-state index is 12.0. The van der Waals surface area contributed by atoms with Gasteiger partial charge in [0.1, 0.15) is 5.76 Å². The lowest BCUT2D eigenvalue weighted by Gasteiger charge is -2.15. The first kappa shape index (κ1) is 15.3. The summed E-state index contributed by atoms with van der Waals surface area (Å²) in [5.74, 6) is 1.02. The Morgan fingerprint density at radius 3 is 2.55 bits per heavy atom. The number of amides is 1. The van der Waals surface area contributed by atoms with Crippen molar-refractivity contribution < 1.29 is 9.21 Å². The van der Waals surface area contributed by atoms with Crippen molar-refractivity contribution in [3.63, 3.8) is 0 Å². The summed E-state index contributed by atoms with van der Waals surface area (Å²) in [5, 5.41) is 1.12. The lowest BCUT2D eigenvalue weighted by atomic mass is 10.4. The second-order valence-corrected chi connectivity index (χ2v) is 5.97. The number of hydrogen-bond acceptors (Lipinski definition) is 3. The van der Waals surface area contributed by atoms with E-state index >= 15 is 0 Å². The topological polar surface area (TPSA) is 33.5 Å². The van der Waals surface area contributed by atoms with Crippen LogP contribution in [0, 0.1) is 0 Å². The van der Waals surface area contributed by atoms with Gasteiger partial charge in [-0.2, -0.15) is 0 Å². The van der Waals surface area contributed by atoms with Gasteiger partial charge in [0.2, 0.25) is 5.91 Å². The number of thioether (sulfide) groups is 1. The third-order valence-electron chi connectivity index (χ3n) is 2.66. The van der Waals surface area contributed by atoms with Crippen molar-refractivity contribution in [2.45, 2.75) is 11.4 Å². The minimum atomic E-state index is -0.0117. The summed E-state index contributed by atoms with van der Waals surface area (Å²) < 4.78 is 5.21. The molecule has 106 valence electrons. The van der Waals surface area contributed by atoms with Gasteiger partial charge >= 0.3 is 0 Å². The Morgan fingerprint density at radius 2 is 1.95 bits per heavy atom. The van der Waals surface area contributed by atoms with E-state index in [1.807, 2.05) is 6.07 Å². The molecular formula is C14H13Cl2NO2S. The molecule has 3 nitrogen and oxygen atoms in total. The monoisotopic (exact) mass is 329 g/mol. The highest BCUT2D eigenvalue weighted by molar-refractivity contribution is 8.00. The van der Waals surface area contributed by atoms with Crippen LogP contribution in [0.15, 0.2) is 45.9 Å². The predicted molar refractivity (Wildman–Crippen MR) is 82.4 cm³/mol. The summed E-state index contributed by atoms with van der Waals surface area (Å²) in [6.45, 7) is 0.447. The van der Waals surface area contributed by atoms with Crippen LogP contribution in [0.5, 0.6) is 0 Å². The van der Waals surface area contributed by atoms with Crippen LogP contribution in [-0.2, 0) is 11.3 Å². The van der Waals surface area contributed by atoms with Crippen molar-refractivity contribution >= 4 is 40.9 Å². The summed E-state index contributed by atoms with van der Waals surface area (Å²) in [5.41, 5.74) is 0. The molecule has 0 spiro atoms. The van der Waals surface area contributed by atoms with Gasteiger partial charge in [-0.1, -0.05) is 29.3 Å². The van der Waals surface area contributed by atoms with Crippen LogP contribution in [-0.4, -0.2) is 23.6 Å². The smallest absolute Gasteiger partial charge is 0.233 e. The molecule has 0 N–H and O–H groups in total. The fourth-order valence-electron chi connectivity index (χ4n) is 1.59. The number of carbonyl (C=O) groups is 1. The SMILES string of the molecule is CN(Cc1ccco1)C(=O)CSc1c(Cl)cccc1Cl. The zero-order valence-corrected chi connectivity index (χ0v) is 13.1. The number of nitrogens with zero attached hydrogens (tertiary/aromatic N) is 1. The van der Waals surface area contributed by atoms with E-state index in [-0.39, 0.29) is 11.7 Å². The van der Waals surface area contributed by atoms with Crippen molar-refractivity contribution in [2.75, 3.05) is 12.8 Å². The van der Waals surface area contributed by atoms with Crippen LogP contribution in [0.4, 0.5) is 0 Å². The van der Waals surface area contributed by atoms with Gasteiger partial charge < -0.3 is 9.32 Å². The number of halogens is 2. The van der Waals surface area contributed by atoms with Gasteiger partial charge in [0.25, 0.3) is 0 Å². The van der Waals surface area contributed by atoms with Gasteiger partial charge in [0, 0.05) is 11.9 Å². The Balaban J connectivity index is 1.91. The Bertz CT molecular complexity index is 567. The van der Waals surface area contributed by atoms with E-state index < -0.39 is 0 Å². The lowest BCUT2D eigenvalue weighted by Crippen LogP contribution is -2.27. The Morgan fingerprint density at radius 1 is 1.25 bits per heavy atom. The molecule has 0 radical (unpaired) electrons. The average Bonchev–Trinajstić information content (AvgIpc) is 2.90. The van der Waals surface area contributed by atoms with Gasteiger partial charge in [-0.3, -0.25) is 4.79 Å². The van der Waals surface area contributed by atoms with E-state index in [1.165, 1.54) is 11.8 Å². The summed E-state index contributed by atoms with van der Waals surface area (Å²) in [6, 6.07) is 8.92. The zero-order chi connectivity index (χ0) is 14.5. The molecule has 20 heavy (non-hydrogen) atoms. The Kier molecular flexibility index (Phi) is 5.40. The van der Waals surface area contributed by atoms with Crippen LogP contribution in [0.2, 0.25) is 10.0 Å². The number of benzene rings is 1. The molecule has 1 amide bonds. The third kappa shape index (κ3) is 3.95. The number of hydrogen-bond donors (Lipinski definition) is 0. The molecule has 0 bridgehead atoms. The quantitative estimate of drug-likeness (QED) is 0.765. The molecule has 0 saturated heterocycles. The molecule has 0 aliphatic heterocycles. The van der Waals surface area contributed by atoms with Crippen LogP contribution in [0.1, 0.15) is 5.76 Å². The highest BCUT2D eigenvalue weighted by Gasteiger charge is 2.13. The number of rotatable bonds is 5. The maximum absolute atomic E-state index is 12.0. The van der Waals surface area contributed by atoms with Gasteiger partial charge in [-0.05, 0) is 24.3 Å². The maximum Gasteiger partial charge on any atom is 0.233 e. The summed E-state index contributed by atoms with van der Waals surface area (Å²) >= 11 is 13.5. The van der Waals surface area contributed by atoms with Crippen LogP contribution in [0.25, 0.3) is 0 Å². The number of carbonyl (C=O) groups excluding carboxylic acids is 1. The fraction of sp³-hybridized carbons (Fsp3) is 0.214. The largest absolute Gasteiger partial charge is 0.467 e. The molecule has 0 fully saturated rings. The van der Waals surface area contributed by atoms with Gasteiger partial charge in [0.05, 0.1) is 28.6 Å². The first-order chi connectivity index (χ1) is 9.58. The predicted octanol–water partition coefficient (Wildman–Crippen LogP) is 4.34. The van der Waals surface area contributed by atoms with Crippen molar-refractivity contribution in [2.24, 2.45) is 0 Å². The molecule has 1 aromatic heterocycles. The van der Waals surface area contributed by atoms with Crippen molar-refractivity contribution in [1.82, 2.24) is 4.90 Å². The van der Waals surface area contributed by atoms with Crippen molar-refractivity contribution in [3.8, 4) is 0 Å². The fourth-order valence-corrected chi connectivity index (χ4v) is 3.21. The second kappa shape index (κ2) is 7.07. The first-order valence-corrected chi connectivity index (χ1v) is 7.65. The molecule has 2 aromatic rings. The highest BCUT2D eigenvalue weighted by Crippen LogP contribution is 2.33. The summed E-state index contributed by atoms with van der Waals surface area (Å²) in [4.78, 5) is 14.4. The van der Waals surface area contributed by atoms with E-state index in [1.54, 1.807) is 42.5 Å². The van der Waals surface area contributed by atoms with Gasteiger partial charge in [-0.25, -0.2) is 0 Å². The summed E-state index contributed by atoms with van der Waals surface area (Å²) in [7, 11) is 1.74.